The zero-order valence-corrected chi connectivity index (χ0v) is 9.84. The molecule has 0 aliphatic carbocycles. The van der Waals surface area contributed by atoms with Gasteiger partial charge >= 0.3 is 0 Å². The van der Waals surface area contributed by atoms with E-state index in [0.717, 1.165) is 38.6 Å². The van der Waals surface area contributed by atoms with E-state index >= 15 is 0 Å². The van der Waals surface area contributed by atoms with Crippen LogP contribution in [0.3, 0.4) is 0 Å². The molecule has 0 aromatic heterocycles. The van der Waals surface area contributed by atoms with Crippen LogP contribution >= 0.6 is 0 Å². The normalized spacial score (nSPS) is 10.7. The molecule has 3 nitrogen and oxygen atoms in total. The largest absolute Gasteiger partial charge is 0.288 e. The van der Waals surface area contributed by atoms with E-state index in [2.05, 4.69) is 31.3 Å². The van der Waals surface area contributed by atoms with Crippen molar-refractivity contribution < 1.29 is 0 Å². The zero-order chi connectivity index (χ0) is 11.6. The summed E-state index contributed by atoms with van der Waals surface area (Å²) in [7, 11) is 0. The van der Waals surface area contributed by atoms with Gasteiger partial charge in [0.2, 0.25) is 0 Å². The molecule has 0 amide bonds. The lowest BCUT2D eigenvalue weighted by Crippen LogP contribution is -2.43. The number of nitrogens with one attached hydrogen (secondary N) is 1. The maximum absolute atomic E-state index is 9.02. The van der Waals surface area contributed by atoms with E-state index in [1.165, 1.54) is 0 Å². The molecule has 0 fully saturated rings. The predicted octanol–water partition coefficient (Wildman–Crippen LogP) is 2.74. The first-order chi connectivity index (χ1) is 7.24. The standard InChI is InChI=1S/C12H21N3/c1-3-5-7-9-15-12(10-13,11-14)8-6-4-2/h15H,3-9H2,1-2H3. The van der Waals surface area contributed by atoms with E-state index in [-0.39, 0.29) is 0 Å². The highest BCUT2D eigenvalue weighted by atomic mass is 15.0. The average molecular weight is 207 g/mol. The monoisotopic (exact) mass is 207 g/mol. The van der Waals surface area contributed by atoms with Gasteiger partial charge < -0.3 is 0 Å². The molecule has 84 valence electrons. The molecular weight excluding hydrogens is 186 g/mol. The molecule has 0 saturated heterocycles. The Morgan fingerprint density at radius 2 is 1.60 bits per heavy atom. The number of nitriles is 2. The Bertz CT molecular complexity index is 220. The maximum atomic E-state index is 9.02. The van der Waals surface area contributed by atoms with Crippen LogP contribution in [-0.2, 0) is 0 Å². The smallest absolute Gasteiger partial charge is 0.194 e. The third kappa shape index (κ3) is 5.40. The van der Waals surface area contributed by atoms with E-state index in [0.29, 0.717) is 6.42 Å². The van der Waals surface area contributed by atoms with E-state index in [1.54, 1.807) is 0 Å². The van der Waals surface area contributed by atoms with Gasteiger partial charge in [0.1, 0.15) is 12.1 Å². The summed E-state index contributed by atoms with van der Waals surface area (Å²) in [6, 6.07) is 4.21. The third-order valence-corrected chi connectivity index (χ3v) is 2.49. The second-order valence-electron chi connectivity index (χ2n) is 3.87. The average Bonchev–Trinajstić information content (AvgIpc) is 2.29. The minimum absolute atomic E-state index is 0.628. The lowest BCUT2D eigenvalue weighted by atomic mass is 9.96. The van der Waals surface area contributed by atoms with Gasteiger partial charge in [0.15, 0.2) is 5.54 Å². The van der Waals surface area contributed by atoms with Gasteiger partial charge in [-0.15, -0.1) is 0 Å². The number of rotatable bonds is 8. The molecular formula is C12H21N3. The van der Waals surface area contributed by atoms with Crippen molar-refractivity contribution in [2.45, 2.75) is 57.9 Å². The second-order valence-corrected chi connectivity index (χ2v) is 3.87. The van der Waals surface area contributed by atoms with Crippen molar-refractivity contribution in [1.29, 1.82) is 10.5 Å². The maximum Gasteiger partial charge on any atom is 0.194 e. The molecule has 3 heteroatoms. The van der Waals surface area contributed by atoms with Gasteiger partial charge in [0.25, 0.3) is 0 Å². The summed E-state index contributed by atoms with van der Waals surface area (Å²) >= 11 is 0. The Kier molecular flexibility index (Phi) is 7.68. The fourth-order valence-corrected chi connectivity index (χ4v) is 1.42. The third-order valence-electron chi connectivity index (χ3n) is 2.49. The molecule has 0 aromatic rings. The van der Waals surface area contributed by atoms with Crippen molar-refractivity contribution in [3.63, 3.8) is 0 Å². The first-order valence-corrected chi connectivity index (χ1v) is 5.82. The molecule has 1 N–H and O–H groups in total. The fourth-order valence-electron chi connectivity index (χ4n) is 1.42. The summed E-state index contributed by atoms with van der Waals surface area (Å²) in [6.07, 6.45) is 5.90. The molecule has 0 aliphatic rings. The van der Waals surface area contributed by atoms with Crippen LogP contribution in [0.2, 0.25) is 0 Å². The molecule has 15 heavy (non-hydrogen) atoms. The topological polar surface area (TPSA) is 59.6 Å². The minimum atomic E-state index is -0.955. The van der Waals surface area contributed by atoms with Gasteiger partial charge in [-0.2, -0.15) is 10.5 Å². The van der Waals surface area contributed by atoms with Crippen molar-refractivity contribution in [3.8, 4) is 12.1 Å². The molecule has 0 rings (SSSR count). The van der Waals surface area contributed by atoms with Crippen LogP contribution in [-0.4, -0.2) is 12.1 Å². The van der Waals surface area contributed by atoms with Crippen molar-refractivity contribution in [3.05, 3.63) is 0 Å². The first-order valence-electron chi connectivity index (χ1n) is 5.82. The Morgan fingerprint density at radius 1 is 1.00 bits per heavy atom. The van der Waals surface area contributed by atoms with Gasteiger partial charge in [-0.1, -0.05) is 33.1 Å². The quantitative estimate of drug-likeness (QED) is 0.622. The number of hydrogen-bond donors (Lipinski definition) is 1. The molecule has 0 spiro atoms. The van der Waals surface area contributed by atoms with E-state index in [4.69, 9.17) is 10.5 Å². The van der Waals surface area contributed by atoms with Crippen molar-refractivity contribution >= 4 is 0 Å². The SMILES string of the molecule is CCCCCNC(C#N)(C#N)CCCC. The van der Waals surface area contributed by atoms with Crippen LogP contribution in [0.25, 0.3) is 0 Å². The Balaban J connectivity index is 4.03. The first kappa shape index (κ1) is 13.9. The van der Waals surface area contributed by atoms with Crippen molar-refractivity contribution in [2.24, 2.45) is 0 Å². The summed E-state index contributed by atoms with van der Waals surface area (Å²) in [6.45, 7) is 4.97. The van der Waals surface area contributed by atoms with Gasteiger partial charge in [-0.3, -0.25) is 5.32 Å². The van der Waals surface area contributed by atoms with Crippen LogP contribution < -0.4 is 5.32 Å². The molecule has 0 saturated carbocycles. The van der Waals surface area contributed by atoms with E-state index in [9.17, 15) is 0 Å². The second kappa shape index (κ2) is 8.26. The summed E-state index contributed by atoms with van der Waals surface area (Å²) in [4.78, 5) is 0. The van der Waals surface area contributed by atoms with Gasteiger partial charge in [-0.25, -0.2) is 0 Å². The van der Waals surface area contributed by atoms with Crippen molar-refractivity contribution in [1.82, 2.24) is 5.32 Å². The molecule has 0 unspecified atom stereocenters. The van der Waals surface area contributed by atoms with Gasteiger partial charge in [-0.05, 0) is 25.8 Å². The molecule has 0 atom stereocenters. The Hall–Kier alpha value is -1.06. The molecule has 0 aliphatic heterocycles. The predicted molar refractivity (Wildman–Crippen MR) is 61.0 cm³/mol. The Morgan fingerprint density at radius 3 is 2.07 bits per heavy atom. The molecule has 0 bridgehead atoms. The highest BCUT2D eigenvalue weighted by molar-refractivity contribution is 5.21. The zero-order valence-electron chi connectivity index (χ0n) is 9.84. The summed E-state index contributed by atoms with van der Waals surface area (Å²) in [5, 5.41) is 21.1. The van der Waals surface area contributed by atoms with Crippen LogP contribution in [0.5, 0.6) is 0 Å². The van der Waals surface area contributed by atoms with Crippen LogP contribution in [0.1, 0.15) is 52.4 Å². The summed E-state index contributed by atoms with van der Waals surface area (Å²) < 4.78 is 0. The van der Waals surface area contributed by atoms with Gasteiger partial charge in [0, 0.05) is 0 Å². The highest BCUT2D eigenvalue weighted by Crippen LogP contribution is 2.12. The lowest BCUT2D eigenvalue weighted by Gasteiger charge is -2.19. The molecule has 0 heterocycles. The number of unbranched alkanes of at least 4 members (excludes halogenated alkanes) is 3. The van der Waals surface area contributed by atoms with Gasteiger partial charge in [0.05, 0.1) is 0 Å². The lowest BCUT2D eigenvalue weighted by molar-refractivity contribution is 0.447. The Labute approximate surface area is 93.1 Å². The molecule has 0 aromatic carbocycles. The number of nitrogens with zero attached hydrogens (tertiary/aromatic N) is 2. The molecule has 0 radical (unpaired) electrons. The minimum Gasteiger partial charge on any atom is -0.288 e. The fraction of sp³-hybridized carbons (Fsp3) is 0.833. The number of hydrogen-bond acceptors (Lipinski definition) is 3. The van der Waals surface area contributed by atoms with Crippen LogP contribution in [0.4, 0.5) is 0 Å². The van der Waals surface area contributed by atoms with Crippen LogP contribution in [0, 0.1) is 22.7 Å². The summed E-state index contributed by atoms with van der Waals surface area (Å²) in [5.74, 6) is 0. The van der Waals surface area contributed by atoms with E-state index in [1.807, 2.05) is 0 Å². The van der Waals surface area contributed by atoms with Crippen molar-refractivity contribution in [2.75, 3.05) is 6.54 Å². The van der Waals surface area contributed by atoms with E-state index < -0.39 is 5.54 Å². The van der Waals surface area contributed by atoms with Crippen LogP contribution in [0.15, 0.2) is 0 Å². The highest BCUT2D eigenvalue weighted by Gasteiger charge is 2.27. The summed E-state index contributed by atoms with van der Waals surface area (Å²) in [5.41, 5.74) is -0.955.